The van der Waals surface area contributed by atoms with Gasteiger partial charge in [-0.2, -0.15) is 0 Å². The molecule has 3 aliphatic heterocycles. The SMILES string of the molecule is C=CCCCCCCCCOC1O[C@@H]([C@@H](CO)O[C@@H]2O[C@@H]([C@H](O)CO[C@@H]3O[C@@H]([C@H](O)CO)[C@H](O)[C@H]3O)[C@H](O)[C@H]2O)[C@H](O)[C@H]1O. The van der Waals surface area contributed by atoms with Gasteiger partial charge in [-0.3, -0.25) is 0 Å². The molecule has 0 aliphatic carbocycles. The highest BCUT2D eigenvalue weighted by atomic mass is 16.7. The zero-order valence-electron chi connectivity index (χ0n) is 24.6. The normalized spacial score (nSPS) is 39.5. The monoisotopic (exact) mass is 642 g/mol. The van der Waals surface area contributed by atoms with Crippen LogP contribution in [0.5, 0.6) is 0 Å². The molecule has 0 aromatic heterocycles. The van der Waals surface area contributed by atoms with Crippen molar-refractivity contribution in [2.45, 2.75) is 137 Å². The van der Waals surface area contributed by atoms with Gasteiger partial charge in [-0.25, -0.2) is 0 Å². The average molecular weight is 643 g/mol. The molecule has 0 aromatic rings. The average Bonchev–Trinajstić information content (AvgIpc) is 3.58. The lowest BCUT2D eigenvalue weighted by Gasteiger charge is -2.28. The van der Waals surface area contributed by atoms with Crippen molar-refractivity contribution in [1.82, 2.24) is 0 Å². The van der Waals surface area contributed by atoms with Crippen LogP contribution in [0.1, 0.15) is 44.9 Å². The van der Waals surface area contributed by atoms with Gasteiger partial charge in [0.2, 0.25) is 0 Å². The van der Waals surface area contributed by atoms with Crippen LogP contribution in [-0.2, 0) is 28.4 Å². The third-order valence-electron chi connectivity index (χ3n) is 8.09. The predicted octanol–water partition coefficient (Wildman–Crippen LogP) is -3.63. The molecule has 258 valence electrons. The number of allylic oxidation sites excluding steroid dienone is 1. The lowest BCUT2D eigenvalue weighted by Crippen LogP contribution is -2.46. The summed E-state index contributed by atoms with van der Waals surface area (Å²) in [5.41, 5.74) is 0. The summed E-state index contributed by atoms with van der Waals surface area (Å²) in [6, 6.07) is 0. The van der Waals surface area contributed by atoms with Gasteiger partial charge in [-0.1, -0.05) is 31.8 Å². The minimum atomic E-state index is -1.71. The maximum atomic E-state index is 10.6. The van der Waals surface area contributed by atoms with E-state index >= 15 is 0 Å². The molecule has 3 heterocycles. The predicted molar refractivity (Wildman–Crippen MR) is 148 cm³/mol. The zero-order valence-corrected chi connectivity index (χ0v) is 24.6. The second-order valence-electron chi connectivity index (χ2n) is 11.4. The Kier molecular flexibility index (Phi) is 15.7. The van der Waals surface area contributed by atoms with Crippen molar-refractivity contribution >= 4 is 0 Å². The minimum absolute atomic E-state index is 0.279. The number of hydrogen-bond acceptors (Lipinski definition) is 16. The highest BCUT2D eigenvalue weighted by Crippen LogP contribution is 2.31. The molecule has 1 unspecified atom stereocenters. The van der Waals surface area contributed by atoms with Gasteiger partial charge < -0.3 is 79.5 Å². The molecule has 3 rings (SSSR count). The summed E-state index contributed by atoms with van der Waals surface area (Å²) in [6.07, 6.45) is -13.5. The molecule has 0 bridgehead atoms. The maximum Gasteiger partial charge on any atom is 0.187 e. The first kappa shape index (κ1) is 37.6. The molecule has 15 atom stereocenters. The van der Waals surface area contributed by atoms with Crippen LogP contribution in [0.25, 0.3) is 0 Å². The number of unbranched alkanes of at least 4 members (excludes halogenated alkanes) is 6. The van der Waals surface area contributed by atoms with E-state index in [9.17, 15) is 46.0 Å². The maximum absolute atomic E-state index is 10.6. The Morgan fingerprint density at radius 1 is 0.591 bits per heavy atom. The van der Waals surface area contributed by atoms with E-state index in [0.29, 0.717) is 0 Å². The second-order valence-corrected chi connectivity index (χ2v) is 11.4. The van der Waals surface area contributed by atoms with Crippen molar-refractivity contribution in [1.29, 1.82) is 0 Å². The summed E-state index contributed by atoms with van der Waals surface area (Å²) < 4.78 is 32.8. The third-order valence-corrected chi connectivity index (χ3v) is 8.09. The van der Waals surface area contributed by atoms with Crippen LogP contribution in [0.4, 0.5) is 0 Å². The van der Waals surface area contributed by atoms with Crippen molar-refractivity contribution in [2.75, 3.05) is 26.4 Å². The molecular weight excluding hydrogens is 592 g/mol. The zero-order chi connectivity index (χ0) is 32.4. The van der Waals surface area contributed by atoms with Gasteiger partial charge in [0.1, 0.15) is 73.2 Å². The summed E-state index contributed by atoms with van der Waals surface area (Å²) in [4.78, 5) is 0. The van der Waals surface area contributed by atoms with Crippen LogP contribution < -0.4 is 0 Å². The Hall–Kier alpha value is -0.900. The van der Waals surface area contributed by atoms with Crippen molar-refractivity contribution < 1.29 is 79.5 Å². The number of rotatable bonds is 20. The molecule has 0 aromatic carbocycles. The van der Waals surface area contributed by atoms with Gasteiger partial charge >= 0.3 is 0 Å². The number of aliphatic hydroxyl groups excluding tert-OH is 10. The molecule has 16 heteroatoms. The van der Waals surface area contributed by atoms with Crippen LogP contribution >= 0.6 is 0 Å². The van der Waals surface area contributed by atoms with Crippen molar-refractivity contribution in [2.24, 2.45) is 0 Å². The van der Waals surface area contributed by atoms with E-state index in [0.717, 1.165) is 44.9 Å². The van der Waals surface area contributed by atoms with Crippen LogP contribution in [0.15, 0.2) is 12.7 Å². The summed E-state index contributed by atoms with van der Waals surface area (Å²) in [5, 5.41) is 101. The van der Waals surface area contributed by atoms with E-state index in [1.165, 1.54) is 0 Å². The fourth-order valence-corrected chi connectivity index (χ4v) is 5.43. The Labute approximate surface area is 256 Å². The Balaban J connectivity index is 1.45. The molecule has 3 saturated heterocycles. The molecular formula is C28H50O16. The van der Waals surface area contributed by atoms with Crippen molar-refractivity contribution in [3.05, 3.63) is 12.7 Å². The molecule has 44 heavy (non-hydrogen) atoms. The van der Waals surface area contributed by atoms with E-state index in [2.05, 4.69) is 6.58 Å². The fourth-order valence-electron chi connectivity index (χ4n) is 5.43. The third kappa shape index (κ3) is 9.57. The smallest absolute Gasteiger partial charge is 0.187 e. The van der Waals surface area contributed by atoms with Crippen LogP contribution in [0.3, 0.4) is 0 Å². The van der Waals surface area contributed by atoms with Crippen molar-refractivity contribution in [3.63, 3.8) is 0 Å². The first-order chi connectivity index (χ1) is 21.0. The minimum Gasteiger partial charge on any atom is -0.394 e. The van der Waals surface area contributed by atoms with E-state index < -0.39 is 112 Å². The standard InChI is InChI=1S/C28H50O16/c1-2-3-4-5-6-7-8-9-10-39-26-21(37)19(35)25(44-26)16(12-30)41-28-22(38)18(34)24(43-28)15(32)13-40-27-20(36)17(33)23(42-27)14(31)11-29/h2,14-38H,1,3-13H2/t14-,15-,16-,17-,18-,19-,20-,21-,22-,23+,24+,25+,26?,27-,28-/m1/s1. The second kappa shape index (κ2) is 18.4. The highest BCUT2D eigenvalue weighted by molar-refractivity contribution is 4.95. The summed E-state index contributed by atoms with van der Waals surface area (Å²) in [5.74, 6) is 0. The van der Waals surface area contributed by atoms with Gasteiger partial charge in [0.25, 0.3) is 0 Å². The molecule has 16 nitrogen and oxygen atoms in total. The summed E-state index contributed by atoms with van der Waals surface area (Å²) in [7, 11) is 0. The first-order valence-electron chi connectivity index (χ1n) is 15.2. The van der Waals surface area contributed by atoms with Crippen LogP contribution in [0.2, 0.25) is 0 Å². The van der Waals surface area contributed by atoms with E-state index in [-0.39, 0.29) is 6.61 Å². The molecule has 0 spiro atoms. The van der Waals surface area contributed by atoms with Crippen LogP contribution in [-0.4, -0.2) is 170 Å². The van der Waals surface area contributed by atoms with Gasteiger partial charge in [0.05, 0.1) is 19.8 Å². The largest absolute Gasteiger partial charge is 0.394 e. The lowest BCUT2D eigenvalue weighted by atomic mass is 10.1. The Morgan fingerprint density at radius 2 is 1.09 bits per heavy atom. The highest BCUT2D eigenvalue weighted by Gasteiger charge is 2.52. The molecule has 10 N–H and O–H groups in total. The Morgan fingerprint density at radius 3 is 1.70 bits per heavy atom. The van der Waals surface area contributed by atoms with Gasteiger partial charge in [-0.15, -0.1) is 6.58 Å². The Bertz CT molecular complexity index is 823. The van der Waals surface area contributed by atoms with E-state index in [1.54, 1.807) is 0 Å². The molecule has 0 amide bonds. The lowest BCUT2D eigenvalue weighted by molar-refractivity contribution is -0.247. The van der Waals surface area contributed by atoms with Gasteiger partial charge in [0, 0.05) is 6.61 Å². The molecule has 0 radical (unpaired) electrons. The number of ether oxygens (including phenoxy) is 6. The number of hydrogen-bond donors (Lipinski definition) is 10. The van der Waals surface area contributed by atoms with Gasteiger partial charge in [0.15, 0.2) is 18.9 Å². The number of aliphatic hydroxyl groups is 10. The molecule has 3 fully saturated rings. The molecule has 3 aliphatic rings. The fraction of sp³-hybridized carbons (Fsp3) is 0.929. The molecule has 0 saturated carbocycles. The topological polar surface area (TPSA) is 258 Å². The summed E-state index contributed by atoms with van der Waals surface area (Å²) in [6.45, 7) is 1.89. The van der Waals surface area contributed by atoms with E-state index in [4.69, 9.17) is 33.5 Å². The van der Waals surface area contributed by atoms with E-state index in [1.807, 2.05) is 6.08 Å². The summed E-state index contributed by atoms with van der Waals surface area (Å²) >= 11 is 0. The van der Waals surface area contributed by atoms with Crippen molar-refractivity contribution in [3.8, 4) is 0 Å². The van der Waals surface area contributed by atoms with Crippen LogP contribution in [0, 0.1) is 0 Å². The first-order valence-corrected chi connectivity index (χ1v) is 15.2. The quantitative estimate of drug-likeness (QED) is 0.0454. The van der Waals surface area contributed by atoms with Gasteiger partial charge in [-0.05, 0) is 19.3 Å².